The van der Waals surface area contributed by atoms with Gasteiger partial charge in [-0.1, -0.05) is 60.7 Å². The van der Waals surface area contributed by atoms with Gasteiger partial charge in [0.15, 0.2) is 0 Å². The first-order chi connectivity index (χ1) is 16.5. The summed E-state index contributed by atoms with van der Waals surface area (Å²) in [6.45, 7) is 8.90. The monoisotopic (exact) mass is 465 g/mol. The molecule has 4 rings (SSSR count). The summed E-state index contributed by atoms with van der Waals surface area (Å²) in [5.74, 6) is 0.958. The van der Waals surface area contributed by atoms with Crippen LogP contribution >= 0.6 is 7.26 Å². The van der Waals surface area contributed by atoms with Crippen molar-refractivity contribution < 1.29 is 4.74 Å². The molecule has 0 spiro atoms. The van der Waals surface area contributed by atoms with Crippen molar-refractivity contribution in [2.75, 3.05) is 7.11 Å². The van der Waals surface area contributed by atoms with Crippen molar-refractivity contribution in [1.82, 2.24) is 0 Å². The zero-order chi connectivity index (χ0) is 24.1. The van der Waals surface area contributed by atoms with E-state index in [1.807, 2.05) is 0 Å². The Balaban J connectivity index is 1.93. The van der Waals surface area contributed by atoms with Crippen LogP contribution in [0.5, 0.6) is 5.75 Å². The van der Waals surface area contributed by atoms with E-state index in [0.29, 0.717) is 5.66 Å². The molecule has 4 aromatic carbocycles. The molecule has 0 saturated carbocycles. The van der Waals surface area contributed by atoms with Crippen LogP contribution in [0.15, 0.2) is 103 Å². The Kier molecular flexibility index (Phi) is 7.35. The molecule has 172 valence electrons. The smallest absolute Gasteiger partial charge is 0.122 e. The molecule has 1 nitrogen and oxygen atoms in total. The predicted octanol–water partition coefficient (Wildman–Crippen LogP) is 7.02. The largest absolute Gasteiger partial charge is 0.496 e. The molecule has 0 heterocycles. The lowest BCUT2D eigenvalue weighted by atomic mass is 9.97. The molecular weight excluding hydrogens is 431 g/mol. The summed E-state index contributed by atoms with van der Waals surface area (Å²) in [4.78, 5) is 0. The Hall–Kier alpha value is -3.15. The maximum absolute atomic E-state index is 5.60. The van der Waals surface area contributed by atoms with E-state index >= 15 is 0 Å². The van der Waals surface area contributed by atoms with Crippen LogP contribution in [-0.4, -0.2) is 12.8 Å². The average Bonchev–Trinajstić information content (AvgIpc) is 2.88. The quantitative estimate of drug-likeness (QED) is 0.267. The van der Waals surface area contributed by atoms with Crippen molar-refractivity contribution in [2.45, 2.75) is 33.4 Å². The number of rotatable bonds is 7. The molecule has 0 N–H and O–H groups in total. The Bertz CT molecular complexity index is 1160. The Morgan fingerprint density at radius 1 is 0.676 bits per heavy atom. The molecule has 0 aromatic heterocycles. The summed E-state index contributed by atoms with van der Waals surface area (Å²) in [5.41, 5.74) is 5.32. The number of aryl methyl sites for hydroxylation is 1. The van der Waals surface area contributed by atoms with Crippen LogP contribution in [0.2, 0.25) is 0 Å². The van der Waals surface area contributed by atoms with Gasteiger partial charge in [-0.15, -0.1) is 0 Å². The van der Waals surface area contributed by atoms with Crippen molar-refractivity contribution in [3.05, 3.63) is 125 Å². The molecule has 0 aliphatic carbocycles. The van der Waals surface area contributed by atoms with Crippen LogP contribution in [0.25, 0.3) is 6.08 Å². The fourth-order valence-corrected chi connectivity index (χ4v) is 9.62. The third kappa shape index (κ3) is 4.33. The Morgan fingerprint density at radius 3 is 1.53 bits per heavy atom. The predicted molar refractivity (Wildman–Crippen MR) is 151 cm³/mol. The van der Waals surface area contributed by atoms with Gasteiger partial charge in [0.25, 0.3) is 0 Å². The lowest BCUT2D eigenvalue weighted by Crippen LogP contribution is -2.36. The van der Waals surface area contributed by atoms with Gasteiger partial charge in [-0.05, 0) is 98.5 Å². The number of ether oxygens (including phenoxy) is 1. The highest BCUT2D eigenvalue weighted by molar-refractivity contribution is 7.96. The first-order valence-corrected chi connectivity index (χ1v) is 13.7. The van der Waals surface area contributed by atoms with Gasteiger partial charge < -0.3 is 4.74 Å². The van der Waals surface area contributed by atoms with Crippen molar-refractivity contribution in [3.63, 3.8) is 0 Å². The topological polar surface area (TPSA) is 9.23 Å². The molecule has 0 aliphatic rings. The standard InChI is InChI=1S/C32H34OP/c1-24-23-32(33-5)27(4)26(3)31(24)22-21-25(2)34(28-15-9-6-10-16-28,29-17-11-7-12-18-29)30-19-13-8-14-20-30/h6-23,25H,1-5H3/q+1. The zero-order valence-electron chi connectivity index (χ0n) is 20.8. The maximum atomic E-state index is 5.60. The molecule has 1 unspecified atom stereocenters. The molecule has 0 saturated heterocycles. The lowest BCUT2D eigenvalue weighted by molar-refractivity contribution is 0.411. The van der Waals surface area contributed by atoms with Crippen molar-refractivity contribution in [3.8, 4) is 5.75 Å². The molecule has 0 radical (unpaired) electrons. The summed E-state index contributed by atoms with van der Waals surface area (Å²) in [7, 11) is -0.203. The van der Waals surface area contributed by atoms with E-state index in [1.54, 1.807) is 7.11 Å². The fourth-order valence-electron chi connectivity index (χ4n) is 5.04. The van der Waals surface area contributed by atoms with E-state index < -0.39 is 7.26 Å². The highest BCUT2D eigenvalue weighted by Gasteiger charge is 2.49. The molecule has 34 heavy (non-hydrogen) atoms. The van der Waals surface area contributed by atoms with Crippen LogP contribution in [-0.2, 0) is 0 Å². The number of hydrogen-bond acceptors (Lipinski definition) is 1. The number of allylic oxidation sites excluding steroid dienone is 1. The average molecular weight is 466 g/mol. The zero-order valence-corrected chi connectivity index (χ0v) is 21.7. The van der Waals surface area contributed by atoms with E-state index in [0.717, 1.165) is 5.75 Å². The van der Waals surface area contributed by atoms with E-state index in [-0.39, 0.29) is 0 Å². The summed E-state index contributed by atoms with van der Waals surface area (Å²) in [6, 6.07) is 35.4. The summed E-state index contributed by atoms with van der Waals surface area (Å²) in [5, 5.41) is 4.22. The van der Waals surface area contributed by atoms with E-state index in [2.05, 4.69) is 137 Å². The molecule has 4 aromatic rings. The van der Waals surface area contributed by atoms with Gasteiger partial charge >= 0.3 is 0 Å². The normalized spacial score (nSPS) is 12.6. The minimum absolute atomic E-state index is 0.306. The fraction of sp³-hybridized carbons (Fsp3) is 0.188. The van der Waals surface area contributed by atoms with Gasteiger partial charge in [0.1, 0.15) is 28.9 Å². The second-order valence-electron chi connectivity index (χ2n) is 8.89. The van der Waals surface area contributed by atoms with Gasteiger partial charge in [0.05, 0.1) is 12.8 Å². The van der Waals surface area contributed by atoms with Gasteiger partial charge in [-0.3, -0.25) is 0 Å². The molecular formula is C32H34OP+. The molecule has 0 amide bonds. The van der Waals surface area contributed by atoms with E-state index in [9.17, 15) is 0 Å². The molecule has 0 fully saturated rings. The maximum Gasteiger partial charge on any atom is 0.122 e. The molecule has 1 atom stereocenters. The highest BCUT2D eigenvalue weighted by atomic mass is 31.2. The van der Waals surface area contributed by atoms with Crippen molar-refractivity contribution in [2.24, 2.45) is 0 Å². The van der Waals surface area contributed by atoms with Crippen LogP contribution in [0.4, 0.5) is 0 Å². The number of benzene rings is 4. The number of hydrogen-bond donors (Lipinski definition) is 0. The Morgan fingerprint density at radius 2 is 1.12 bits per heavy atom. The third-order valence-electron chi connectivity index (χ3n) is 6.97. The highest BCUT2D eigenvalue weighted by Crippen LogP contribution is 2.60. The SMILES string of the molecule is COc1cc(C)c(C=CC(C)[P+](c2ccccc2)(c2ccccc2)c2ccccc2)c(C)c1C. The van der Waals surface area contributed by atoms with Gasteiger partial charge in [-0.25, -0.2) is 0 Å². The summed E-state index contributed by atoms with van der Waals surface area (Å²) < 4.78 is 5.60. The van der Waals surface area contributed by atoms with E-state index in [1.165, 1.54) is 38.2 Å². The van der Waals surface area contributed by atoms with E-state index in [4.69, 9.17) is 4.74 Å². The minimum Gasteiger partial charge on any atom is -0.496 e. The van der Waals surface area contributed by atoms with Gasteiger partial charge in [0, 0.05) is 0 Å². The first kappa shape index (κ1) is 24.0. The molecule has 2 heteroatoms. The lowest BCUT2D eigenvalue weighted by Gasteiger charge is -2.31. The van der Waals surface area contributed by atoms with Crippen LogP contribution in [0.3, 0.4) is 0 Å². The molecule has 0 aliphatic heterocycles. The first-order valence-electron chi connectivity index (χ1n) is 11.9. The van der Waals surface area contributed by atoms with Gasteiger partial charge in [-0.2, -0.15) is 0 Å². The minimum atomic E-state index is -1.95. The second kappa shape index (κ2) is 10.4. The number of methoxy groups -OCH3 is 1. The van der Waals surface area contributed by atoms with Crippen LogP contribution < -0.4 is 20.7 Å². The summed E-state index contributed by atoms with van der Waals surface area (Å²) in [6.07, 6.45) is 4.77. The second-order valence-corrected chi connectivity index (χ2v) is 12.7. The van der Waals surface area contributed by atoms with Crippen molar-refractivity contribution >= 4 is 29.3 Å². The third-order valence-corrected chi connectivity index (χ3v) is 11.7. The molecule has 0 bridgehead atoms. The van der Waals surface area contributed by atoms with Crippen molar-refractivity contribution in [1.29, 1.82) is 0 Å². The van der Waals surface area contributed by atoms with Crippen LogP contribution in [0.1, 0.15) is 29.2 Å². The Labute approximate surface area is 205 Å². The van der Waals surface area contributed by atoms with Gasteiger partial charge in [0.2, 0.25) is 0 Å². The van der Waals surface area contributed by atoms with Crippen LogP contribution in [0, 0.1) is 20.8 Å². The summed E-state index contributed by atoms with van der Waals surface area (Å²) >= 11 is 0.